The van der Waals surface area contributed by atoms with Gasteiger partial charge in [-0.15, -0.1) is 0 Å². The van der Waals surface area contributed by atoms with E-state index in [4.69, 9.17) is 14.5 Å². The normalized spacial score (nSPS) is 15.2. The molecule has 38 heavy (non-hydrogen) atoms. The summed E-state index contributed by atoms with van der Waals surface area (Å²) >= 11 is 0. The summed E-state index contributed by atoms with van der Waals surface area (Å²) in [5, 5.41) is 9.58. The molecule has 10 nitrogen and oxygen atoms in total. The van der Waals surface area contributed by atoms with Crippen molar-refractivity contribution >= 4 is 22.9 Å². The van der Waals surface area contributed by atoms with Crippen LogP contribution in [-0.4, -0.2) is 64.0 Å². The first-order valence-corrected chi connectivity index (χ1v) is 12.5. The molecule has 0 saturated carbocycles. The lowest BCUT2D eigenvalue weighted by Crippen LogP contribution is -2.46. The lowest BCUT2D eigenvalue weighted by atomic mass is 10.0. The standard InChI is InChI=1S/C27H31FN6O4/c1-31(25-29-14-11-24(35)34(25)18-38-27(36)37-2)21-12-15-32(16-13-21)26-30-22-5-3-4-6-23(22)33(26)17-19-7-9-20(28)10-8-19/h3-11,14,21,27,36H,12-13,15-18H2,1-2H3. The Morgan fingerprint density at radius 3 is 2.58 bits per heavy atom. The molecule has 1 atom stereocenters. The van der Waals surface area contributed by atoms with Gasteiger partial charge in [0, 0.05) is 45.6 Å². The third kappa shape index (κ3) is 5.40. The Labute approximate surface area is 219 Å². The van der Waals surface area contributed by atoms with E-state index in [0.717, 1.165) is 48.5 Å². The average molecular weight is 523 g/mol. The van der Waals surface area contributed by atoms with Crippen LogP contribution in [0.1, 0.15) is 18.4 Å². The van der Waals surface area contributed by atoms with Crippen LogP contribution in [0.25, 0.3) is 11.0 Å². The molecule has 3 heterocycles. The maximum Gasteiger partial charge on any atom is 0.270 e. The molecule has 0 radical (unpaired) electrons. The third-order valence-electron chi connectivity index (χ3n) is 6.96. The van der Waals surface area contributed by atoms with E-state index in [-0.39, 0.29) is 24.1 Å². The highest BCUT2D eigenvalue weighted by molar-refractivity contribution is 5.79. The molecule has 0 aliphatic carbocycles. The Kier molecular flexibility index (Phi) is 7.68. The molecule has 200 valence electrons. The molecule has 1 N–H and O–H groups in total. The number of para-hydroxylation sites is 2. The van der Waals surface area contributed by atoms with Gasteiger partial charge in [-0.25, -0.2) is 14.4 Å². The number of rotatable bonds is 9. The molecule has 11 heteroatoms. The van der Waals surface area contributed by atoms with Gasteiger partial charge in [0.2, 0.25) is 11.9 Å². The van der Waals surface area contributed by atoms with Gasteiger partial charge in [-0.1, -0.05) is 24.3 Å². The van der Waals surface area contributed by atoms with E-state index in [9.17, 15) is 14.3 Å². The van der Waals surface area contributed by atoms with Crippen LogP contribution in [0.4, 0.5) is 16.3 Å². The molecule has 2 aromatic heterocycles. The minimum Gasteiger partial charge on any atom is -0.346 e. The Bertz CT molecular complexity index is 1430. The highest BCUT2D eigenvalue weighted by Gasteiger charge is 2.28. The number of imidazole rings is 1. The first-order chi connectivity index (χ1) is 18.4. The van der Waals surface area contributed by atoms with Crippen molar-refractivity contribution in [2.75, 3.05) is 37.0 Å². The smallest absolute Gasteiger partial charge is 0.270 e. The van der Waals surface area contributed by atoms with E-state index in [0.29, 0.717) is 12.5 Å². The summed E-state index contributed by atoms with van der Waals surface area (Å²) in [7, 11) is 3.22. The first-order valence-electron chi connectivity index (χ1n) is 12.5. The SMILES string of the molecule is COC(O)OCn1c(N(C)C2CCN(c3nc4ccccc4n3Cc3ccc(F)cc3)CC2)nccc1=O. The number of aromatic nitrogens is 4. The van der Waals surface area contributed by atoms with E-state index >= 15 is 0 Å². The van der Waals surface area contributed by atoms with Gasteiger partial charge < -0.3 is 28.9 Å². The van der Waals surface area contributed by atoms with Gasteiger partial charge >= 0.3 is 0 Å². The molecule has 4 aromatic rings. The Balaban J connectivity index is 1.34. The molecule has 1 saturated heterocycles. The van der Waals surface area contributed by atoms with Crippen molar-refractivity contribution in [3.8, 4) is 0 Å². The van der Waals surface area contributed by atoms with Crippen molar-refractivity contribution in [2.45, 2.75) is 38.6 Å². The number of aliphatic hydroxyl groups is 1. The van der Waals surface area contributed by atoms with E-state index in [2.05, 4.69) is 20.5 Å². The number of halogens is 1. The fraction of sp³-hybridized carbons (Fsp3) is 0.370. The highest BCUT2D eigenvalue weighted by Crippen LogP contribution is 2.28. The minimum atomic E-state index is -1.43. The van der Waals surface area contributed by atoms with Crippen LogP contribution in [0.5, 0.6) is 0 Å². The van der Waals surface area contributed by atoms with Gasteiger partial charge in [0.1, 0.15) is 12.5 Å². The molecule has 1 aliphatic heterocycles. The van der Waals surface area contributed by atoms with E-state index in [1.54, 1.807) is 12.1 Å². The van der Waals surface area contributed by atoms with E-state index in [1.807, 2.05) is 30.1 Å². The van der Waals surface area contributed by atoms with Crippen LogP contribution in [0.2, 0.25) is 0 Å². The monoisotopic (exact) mass is 522 g/mol. The topological polar surface area (TPSA) is 97.9 Å². The van der Waals surface area contributed by atoms with E-state index in [1.165, 1.54) is 36.1 Å². The van der Waals surface area contributed by atoms with Crippen molar-refractivity contribution in [1.82, 2.24) is 19.1 Å². The number of hydrogen-bond acceptors (Lipinski definition) is 8. The molecular weight excluding hydrogens is 491 g/mol. The van der Waals surface area contributed by atoms with Crippen LogP contribution >= 0.6 is 0 Å². The third-order valence-corrected chi connectivity index (χ3v) is 6.96. The number of anilines is 2. The predicted molar refractivity (Wildman–Crippen MR) is 141 cm³/mol. The summed E-state index contributed by atoms with van der Waals surface area (Å²) in [6.07, 6.45) is 3.12. The number of aliphatic hydroxyl groups excluding tert-OH is 1. The molecule has 1 aliphatic rings. The van der Waals surface area contributed by atoms with Gasteiger partial charge in [-0.3, -0.25) is 9.36 Å². The van der Waals surface area contributed by atoms with Crippen molar-refractivity contribution in [3.05, 3.63) is 82.5 Å². The fourth-order valence-electron chi connectivity index (χ4n) is 4.88. The van der Waals surface area contributed by atoms with Crippen molar-refractivity contribution in [2.24, 2.45) is 0 Å². The number of hydrogen-bond donors (Lipinski definition) is 1. The van der Waals surface area contributed by atoms with Crippen LogP contribution in [0.15, 0.2) is 65.6 Å². The number of fused-ring (bicyclic) bond motifs is 1. The van der Waals surface area contributed by atoms with E-state index < -0.39 is 6.48 Å². The molecule has 5 rings (SSSR count). The molecule has 1 fully saturated rings. The number of nitrogens with zero attached hydrogens (tertiary/aromatic N) is 6. The summed E-state index contributed by atoms with van der Waals surface area (Å²) in [6.45, 7) is 0.490. The maximum atomic E-state index is 13.5. The maximum absolute atomic E-state index is 13.5. The zero-order chi connectivity index (χ0) is 26.6. The molecule has 0 spiro atoms. The molecule has 1 unspecified atom stereocenters. The highest BCUT2D eigenvalue weighted by atomic mass is 19.1. The summed E-state index contributed by atoms with van der Waals surface area (Å²) < 4.78 is 26.9. The second kappa shape index (κ2) is 11.3. The Hall–Kier alpha value is -3.80. The second-order valence-corrected chi connectivity index (χ2v) is 9.29. The lowest BCUT2D eigenvalue weighted by Gasteiger charge is -2.38. The molecule has 0 amide bonds. The molecular formula is C27H31FN6O4. The van der Waals surface area contributed by atoms with Crippen LogP contribution in [0.3, 0.4) is 0 Å². The van der Waals surface area contributed by atoms with Crippen LogP contribution < -0.4 is 15.4 Å². The number of piperidine rings is 1. The first kappa shape index (κ1) is 25.8. The molecule has 2 aromatic carbocycles. The van der Waals surface area contributed by atoms with Crippen molar-refractivity contribution in [3.63, 3.8) is 0 Å². The van der Waals surface area contributed by atoms with Gasteiger partial charge in [0.25, 0.3) is 12.0 Å². The fourth-order valence-corrected chi connectivity index (χ4v) is 4.88. The number of methoxy groups -OCH3 is 1. The predicted octanol–water partition coefficient (Wildman–Crippen LogP) is 2.78. The zero-order valence-corrected chi connectivity index (χ0v) is 21.4. The summed E-state index contributed by atoms with van der Waals surface area (Å²) in [5.41, 5.74) is 2.66. The Morgan fingerprint density at radius 1 is 1.11 bits per heavy atom. The minimum absolute atomic E-state index is 0.133. The summed E-state index contributed by atoms with van der Waals surface area (Å²) in [6, 6.07) is 16.1. The van der Waals surface area contributed by atoms with Gasteiger partial charge in [-0.2, -0.15) is 0 Å². The number of benzene rings is 2. The van der Waals surface area contributed by atoms with Gasteiger partial charge in [0.15, 0.2) is 0 Å². The van der Waals surface area contributed by atoms with Crippen molar-refractivity contribution in [1.29, 1.82) is 0 Å². The number of ether oxygens (including phenoxy) is 2. The summed E-state index contributed by atoms with van der Waals surface area (Å²) in [4.78, 5) is 26.1. The quantitative estimate of drug-likeness (QED) is 0.335. The van der Waals surface area contributed by atoms with Gasteiger partial charge in [-0.05, 0) is 42.7 Å². The van der Waals surface area contributed by atoms with Gasteiger partial charge in [0.05, 0.1) is 17.6 Å². The second-order valence-electron chi connectivity index (χ2n) is 9.29. The zero-order valence-electron chi connectivity index (χ0n) is 21.4. The average Bonchev–Trinajstić information content (AvgIpc) is 3.31. The Morgan fingerprint density at radius 2 is 1.84 bits per heavy atom. The largest absolute Gasteiger partial charge is 0.346 e. The van der Waals surface area contributed by atoms with Crippen LogP contribution in [0, 0.1) is 5.82 Å². The van der Waals surface area contributed by atoms with Crippen molar-refractivity contribution < 1.29 is 19.0 Å². The summed E-state index contributed by atoms with van der Waals surface area (Å²) in [5.74, 6) is 1.09. The lowest BCUT2D eigenvalue weighted by molar-refractivity contribution is -0.265. The van der Waals surface area contributed by atoms with Crippen LogP contribution in [-0.2, 0) is 22.7 Å². The molecule has 0 bridgehead atoms.